The van der Waals surface area contributed by atoms with Crippen molar-refractivity contribution in [2.75, 3.05) is 13.6 Å². The van der Waals surface area contributed by atoms with Crippen molar-refractivity contribution >= 4 is 5.97 Å². The minimum atomic E-state index is -0.622. The topological polar surface area (TPSA) is 40.5 Å². The average Bonchev–Trinajstić information content (AvgIpc) is 2.70. The second-order valence-corrected chi connectivity index (χ2v) is 5.05. The Morgan fingerprint density at radius 2 is 2.29 bits per heavy atom. The fraction of sp³-hybridized carbons (Fsp3) is 0.909. The van der Waals surface area contributed by atoms with Crippen LogP contribution in [0.15, 0.2) is 0 Å². The summed E-state index contributed by atoms with van der Waals surface area (Å²) < 4.78 is 0. The van der Waals surface area contributed by atoms with E-state index in [4.69, 9.17) is 5.11 Å². The Kier molecular flexibility index (Phi) is 2.52. The second kappa shape index (κ2) is 3.54. The van der Waals surface area contributed by atoms with E-state index in [1.54, 1.807) is 0 Å². The molecule has 14 heavy (non-hydrogen) atoms. The zero-order valence-corrected chi connectivity index (χ0v) is 8.83. The zero-order valence-electron chi connectivity index (χ0n) is 8.83. The Balaban J connectivity index is 1.87. The van der Waals surface area contributed by atoms with Crippen LogP contribution in [-0.2, 0) is 4.79 Å². The highest BCUT2D eigenvalue weighted by molar-refractivity contribution is 5.68. The molecule has 80 valence electrons. The molecule has 3 nitrogen and oxygen atoms in total. The van der Waals surface area contributed by atoms with E-state index in [9.17, 15) is 4.79 Å². The summed E-state index contributed by atoms with van der Waals surface area (Å²) in [6, 6.07) is 0.650. The summed E-state index contributed by atoms with van der Waals surface area (Å²) in [6.07, 6.45) is 6.29. The van der Waals surface area contributed by atoms with Crippen molar-refractivity contribution in [3.05, 3.63) is 0 Å². The second-order valence-electron chi connectivity index (χ2n) is 5.05. The number of rotatable bonds is 4. The van der Waals surface area contributed by atoms with Crippen LogP contribution in [0.5, 0.6) is 0 Å². The number of carbonyl (C=O) groups is 1. The molecule has 0 radical (unpaired) electrons. The maximum atomic E-state index is 10.7. The molecule has 1 unspecified atom stereocenters. The summed E-state index contributed by atoms with van der Waals surface area (Å²) in [5.74, 6) is -0.622. The molecule has 0 amide bonds. The van der Waals surface area contributed by atoms with E-state index in [-0.39, 0.29) is 5.41 Å². The molecular formula is C11H19NO2. The van der Waals surface area contributed by atoms with Gasteiger partial charge in [-0.25, -0.2) is 0 Å². The SMILES string of the molecule is CN1CCCC1CC1(CC(=O)O)CC1. The Hall–Kier alpha value is -0.570. The van der Waals surface area contributed by atoms with Gasteiger partial charge in [0.25, 0.3) is 0 Å². The lowest BCUT2D eigenvalue weighted by Crippen LogP contribution is -2.28. The van der Waals surface area contributed by atoms with Crippen LogP contribution in [0.25, 0.3) is 0 Å². The summed E-state index contributed by atoms with van der Waals surface area (Å²) in [5.41, 5.74) is 0.176. The molecule has 1 saturated carbocycles. The number of nitrogens with zero attached hydrogens (tertiary/aromatic N) is 1. The van der Waals surface area contributed by atoms with Crippen molar-refractivity contribution in [2.45, 2.75) is 44.6 Å². The van der Waals surface area contributed by atoms with Gasteiger partial charge in [-0.3, -0.25) is 4.79 Å². The average molecular weight is 197 g/mol. The lowest BCUT2D eigenvalue weighted by molar-refractivity contribution is -0.138. The van der Waals surface area contributed by atoms with Gasteiger partial charge < -0.3 is 10.0 Å². The van der Waals surface area contributed by atoms with Crippen LogP contribution < -0.4 is 0 Å². The third-order valence-electron chi connectivity index (χ3n) is 3.82. The van der Waals surface area contributed by atoms with Crippen molar-refractivity contribution < 1.29 is 9.90 Å². The number of hydrogen-bond acceptors (Lipinski definition) is 2. The fourth-order valence-corrected chi connectivity index (χ4v) is 2.69. The van der Waals surface area contributed by atoms with E-state index < -0.39 is 5.97 Å². The summed E-state index contributed by atoms with van der Waals surface area (Å²) in [7, 11) is 2.16. The van der Waals surface area contributed by atoms with Gasteiger partial charge in [0, 0.05) is 6.04 Å². The van der Waals surface area contributed by atoms with Crippen LogP contribution in [0.4, 0.5) is 0 Å². The van der Waals surface area contributed by atoms with Crippen LogP contribution >= 0.6 is 0 Å². The normalized spacial score (nSPS) is 30.5. The summed E-state index contributed by atoms with van der Waals surface area (Å²) in [6.45, 7) is 1.19. The predicted octanol–water partition coefficient (Wildman–Crippen LogP) is 1.73. The van der Waals surface area contributed by atoms with E-state index >= 15 is 0 Å². The van der Waals surface area contributed by atoms with E-state index in [0.29, 0.717) is 12.5 Å². The molecule has 2 rings (SSSR count). The van der Waals surface area contributed by atoms with Gasteiger partial charge in [-0.2, -0.15) is 0 Å². The molecule has 1 atom stereocenters. The maximum Gasteiger partial charge on any atom is 0.303 e. The monoisotopic (exact) mass is 197 g/mol. The minimum Gasteiger partial charge on any atom is -0.481 e. The molecule has 0 aromatic heterocycles. The largest absolute Gasteiger partial charge is 0.481 e. The predicted molar refractivity (Wildman–Crippen MR) is 54.2 cm³/mol. The molecule has 0 aromatic rings. The molecule has 1 aliphatic carbocycles. The molecule has 0 aromatic carbocycles. The first-order valence-electron chi connectivity index (χ1n) is 5.53. The Bertz CT molecular complexity index is 235. The molecule has 2 aliphatic rings. The highest BCUT2D eigenvalue weighted by atomic mass is 16.4. The van der Waals surface area contributed by atoms with Crippen LogP contribution in [0.3, 0.4) is 0 Å². The minimum absolute atomic E-state index is 0.176. The first-order chi connectivity index (χ1) is 6.61. The van der Waals surface area contributed by atoms with Crippen LogP contribution in [0.2, 0.25) is 0 Å². The standard InChI is InChI=1S/C11H19NO2/c1-12-6-2-3-9(12)7-11(4-5-11)8-10(13)14/h9H,2-8H2,1H3,(H,13,14). The lowest BCUT2D eigenvalue weighted by Gasteiger charge is -2.24. The van der Waals surface area contributed by atoms with Gasteiger partial charge in [0.15, 0.2) is 0 Å². The highest BCUT2D eigenvalue weighted by Gasteiger charge is 2.46. The molecule has 3 heteroatoms. The van der Waals surface area contributed by atoms with E-state index in [0.717, 1.165) is 19.3 Å². The maximum absolute atomic E-state index is 10.7. The van der Waals surface area contributed by atoms with E-state index in [1.165, 1.54) is 19.4 Å². The summed E-state index contributed by atoms with van der Waals surface area (Å²) in [4.78, 5) is 13.1. The first-order valence-corrected chi connectivity index (χ1v) is 5.53. The fourth-order valence-electron chi connectivity index (χ4n) is 2.69. The lowest BCUT2D eigenvalue weighted by atomic mass is 9.92. The van der Waals surface area contributed by atoms with Crippen molar-refractivity contribution in [3.8, 4) is 0 Å². The van der Waals surface area contributed by atoms with E-state index in [1.807, 2.05) is 0 Å². The van der Waals surface area contributed by atoms with Crippen LogP contribution in [0.1, 0.15) is 38.5 Å². The molecular weight excluding hydrogens is 178 g/mol. The van der Waals surface area contributed by atoms with Gasteiger partial charge in [0.05, 0.1) is 6.42 Å². The van der Waals surface area contributed by atoms with Gasteiger partial charge in [-0.05, 0) is 51.1 Å². The molecule has 1 heterocycles. The Morgan fingerprint density at radius 1 is 1.57 bits per heavy atom. The third-order valence-corrected chi connectivity index (χ3v) is 3.82. The van der Waals surface area contributed by atoms with Gasteiger partial charge in [-0.1, -0.05) is 0 Å². The number of likely N-dealkylation sites (tertiary alicyclic amines) is 1. The molecule has 1 saturated heterocycles. The quantitative estimate of drug-likeness (QED) is 0.746. The van der Waals surface area contributed by atoms with Crippen molar-refractivity contribution in [1.29, 1.82) is 0 Å². The number of carboxylic acid groups (broad SMARTS) is 1. The zero-order chi connectivity index (χ0) is 10.2. The van der Waals surface area contributed by atoms with Crippen molar-refractivity contribution in [2.24, 2.45) is 5.41 Å². The highest BCUT2D eigenvalue weighted by Crippen LogP contribution is 2.53. The molecule has 1 aliphatic heterocycles. The summed E-state index contributed by atoms with van der Waals surface area (Å²) >= 11 is 0. The third kappa shape index (κ3) is 2.08. The summed E-state index contributed by atoms with van der Waals surface area (Å²) in [5, 5.41) is 8.82. The smallest absolute Gasteiger partial charge is 0.303 e. The number of carboxylic acids is 1. The molecule has 2 fully saturated rings. The number of aliphatic carboxylic acids is 1. The van der Waals surface area contributed by atoms with Crippen molar-refractivity contribution in [1.82, 2.24) is 4.90 Å². The molecule has 0 spiro atoms. The van der Waals surface area contributed by atoms with Gasteiger partial charge in [0.2, 0.25) is 0 Å². The Labute approximate surface area is 85.1 Å². The Morgan fingerprint density at radius 3 is 2.71 bits per heavy atom. The number of hydrogen-bond donors (Lipinski definition) is 1. The molecule has 0 bridgehead atoms. The van der Waals surface area contributed by atoms with Crippen molar-refractivity contribution in [3.63, 3.8) is 0 Å². The van der Waals surface area contributed by atoms with Gasteiger partial charge >= 0.3 is 5.97 Å². The van der Waals surface area contributed by atoms with Crippen LogP contribution in [0, 0.1) is 5.41 Å². The van der Waals surface area contributed by atoms with Gasteiger partial charge in [0.1, 0.15) is 0 Å². The van der Waals surface area contributed by atoms with Gasteiger partial charge in [-0.15, -0.1) is 0 Å². The van der Waals surface area contributed by atoms with Crippen LogP contribution in [-0.4, -0.2) is 35.6 Å². The van der Waals surface area contributed by atoms with E-state index in [2.05, 4.69) is 11.9 Å². The first kappa shape index (κ1) is 9.97. The molecule has 1 N–H and O–H groups in total.